The van der Waals surface area contributed by atoms with Gasteiger partial charge in [0.25, 0.3) is 0 Å². The molecule has 0 saturated carbocycles. The molecule has 1 aliphatic heterocycles. The summed E-state index contributed by atoms with van der Waals surface area (Å²) in [6.45, 7) is 13.4. The lowest BCUT2D eigenvalue weighted by Gasteiger charge is -2.41. The number of hydrogen-bond donors (Lipinski definition) is 3. The summed E-state index contributed by atoms with van der Waals surface area (Å²) in [4.78, 5) is 62.8. The molecule has 0 spiro atoms. The van der Waals surface area contributed by atoms with Gasteiger partial charge in [-0.15, -0.1) is 11.3 Å². The highest BCUT2D eigenvalue weighted by Gasteiger charge is 2.43. The average Bonchev–Trinajstić information content (AvgIpc) is 3.83. The molecule has 12 nitrogen and oxygen atoms in total. The van der Waals surface area contributed by atoms with Crippen molar-refractivity contribution in [2.24, 2.45) is 23.5 Å². The van der Waals surface area contributed by atoms with Gasteiger partial charge < -0.3 is 35.6 Å². The summed E-state index contributed by atoms with van der Waals surface area (Å²) in [7, 11) is 4.86. The van der Waals surface area contributed by atoms with Gasteiger partial charge in [-0.3, -0.25) is 19.2 Å². The molecule has 1 fully saturated rings. The van der Waals surface area contributed by atoms with Crippen LogP contribution >= 0.6 is 11.3 Å². The molecule has 290 valence electrons. The fourth-order valence-corrected chi connectivity index (χ4v) is 7.82. The molecule has 1 aromatic carbocycles. The molecule has 1 aliphatic rings. The highest BCUT2D eigenvalue weighted by molar-refractivity contribution is 7.09. The van der Waals surface area contributed by atoms with Gasteiger partial charge in [0, 0.05) is 39.4 Å². The van der Waals surface area contributed by atoms with Gasteiger partial charge in [-0.1, -0.05) is 71.4 Å². The van der Waals surface area contributed by atoms with Gasteiger partial charge in [0.05, 0.1) is 48.2 Å². The lowest BCUT2D eigenvalue weighted by molar-refractivity contribution is -0.148. The number of carbonyl (C=O) groups is 4. The number of amides is 4. The van der Waals surface area contributed by atoms with Gasteiger partial charge in [0.1, 0.15) is 11.0 Å². The molecule has 52 heavy (non-hydrogen) atoms. The number of benzene rings is 1. The highest BCUT2D eigenvalue weighted by Crippen LogP contribution is 2.30. The monoisotopic (exact) mass is 742 g/mol. The Labute approximate surface area is 314 Å². The predicted molar refractivity (Wildman–Crippen MR) is 204 cm³/mol. The van der Waals surface area contributed by atoms with Crippen molar-refractivity contribution < 1.29 is 28.7 Å². The summed E-state index contributed by atoms with van der Waals surface area (Å²) >= 11 is 1.50. The Morgan fingerprint density at radius 1 is 1.08 bits per heavy atom. The minimum Gasteiger partial charge on any atom is -0.379 e. The summed E-state index contributed by atoms with van der Waals surface area (Å²) < 4.78 is 12.0. The van der Waals surface area contributed by atoms with Gasteiger partial charge in [-0.25, -0.2) is 4.98 Å². The third kappa shape index (κ3) is 11.1. The van der Waals surface area contributed by atoms with Crippen LogP contribution in [0.25, 0.3) is 0 Å². The molecule has 4 amide bonds. The normalized spacial score (nSPS) is 18.9. The predicted octanol–water partition coefficient (Wildman–Crippen LogP) is 4.34. The van der Waals surface area contributed by atoms with Gasteiger partial charge in [0.2, 0.25) is 23.6 Å². The number of carbonyl (C=O) groups excluding carboxylic acids is 4. The molecule has 6 unspecified atom stereocenters. The number of ether oxygens (including phenoxy) is 2. The summed E-state index contributed by atoms with van der Waals surface area (Å²) in [6.07, 6.45) is 3.42. The summed E-state index contributed by atoms with van der Waals surface area (Å²) in [5, 5.41) is 8.79. The quantitative estimate of drug-likeness (QED) is 0.192. The van der Waals surface area contributed by atoms with E-state index in [-0.39, 0.29) is 48.1 Å². The van der Waals surface area contributed by atoms with Crippen LogP contribution in [0, 0.1) is 17.8 Å². The third-order valence-corrected chi connectivity index (χ3v) is 11.3. The standard InChI is InChI=1S/C39H62N6O6S/c1-11-25(4)33(44(8)37(48)32(24(2)3)43-38(49)39(6,7)40)30(50-9)23-31(46)45-20-15-18-29(45)34(51-10)26(5)35(47)42-28(36-41-19-21-52-36)22-27-16-13-12-14-17-27/h12-14,16-17,19,21,24-26,28-30,32-34H,11,15,18,20,22-23,40H2,1-10H3,(H,42,47)(H,43,49)/t25?,26?,28?,29-,30?,32?,33-,34?/m1/s1. The Morgan fingerprint density at radius 2 is 1.75 bits per heavy atom. The Morgan fingerprint density at radius 3 is 2.29 bits per heavy atom. The lowest BCUT2D eigenvalue weighted by Crippen LogP contribution is -2.60. The number of nitrogens with two attached hydrogens (primary N) is 1. The second-order valence-electron chi connectivity index (χ2n) is 15.1. The topological polar surface area (TPSA) is 156 Å². The molecule has 13 heteroatoms. The first-order valence-corrected chi connectivity index (χ1v) is 19.4. The number of hydrogen-bond acceptors (Lipinski definition) is 9. The summed E-state index contributed by atoms with van der Waals surface area (Å²) in [6, 6.07) is 8.11. The van der Waals surface area contributed by atoms with Crippen molar-refractivity contribution in [2.75, 3.05) is 27.8 Å². The van der Waals surface area contributed by atoms with E-state index in [4.69, 9.17) is 15.2 Å². The van der Waals surface area contributed by atoms with Crippen molar-refractivity contribution in [3.63, 3.8) is 0 Å². The van der Waals surface area contributed by atoms with Crippen LogP contribution in [0.5, 0.6) is 0 Å². The third-order valence-electron chi connectivity index (χ3n) is 10.4. The van der Waals surface area contributed by atoms with Crippen molar-refractivity contribution >= 4 is 35.0 Å². The van der Waals surface area contributed by atoms with Crippen LogP contribution in [0.1, 0.15) is 90.8 Å². The van der Waals surface area contributed by atoms with E-state index in [9.17, 15) is 19.2 Å². The largest absolute Gasteiger partial charge is 0.379 e. The number of aromatic nitrogens is 1. The molecule has 4 N–H and O–H groups in total. The number of nitrogens with zero attached hydrogens (tertiary/aromatic N) is 3. The van der Waals surface area contributed by atoms with E-state index in [1.165, 1.54) is 11.3 Å². The zero-order valence-corrected chi connectivity index (χ0v) is 33.6. The number of methoxy groups -OCH3 is 2. The van der Waals surface area contributed by atoms with Crippen molar-refractivity contribution in [1.29, 1.82) is 0 Å². The van der Waals surface area contributed by atoms with Crippen LogP contribution in [0.2, 0.25) is 0 Å². The van der Waals surface area contributed by atoms with E-state index in [0.29, 0.717) is 19.4 Å². The van der Waals surface area contributed by atoms with Crippen molar-refractivity contribution in [3.05, 3.63) is 52.5 Å². The SMILES string of the molecule is CCC(C)[C@H](C(CC(=O)N1CCC[C@@H]1C(OC)C(C)C(=O)NC(Cc1ccccc1)c1nccs1)OC)N(C)C(=O)C(NC(=O)C(C)(C)N)C(C)C. The number of likely N-dealkylation sites (tertiary alicyclic amines) is 1. The van der Waals surface area contributed by atoms with Crippen molar-refractivity contribution in [3.8, 4) is 0 Å². The van der Waals surface area contributed by atoms with Crippen LogP contribution in [-0.4, -0.2) is 102 Å². The van der Waals surface area contributed by atoms with Crippen molar-refractivity contribution in [1.82, 2.24) is 25.4 Å². The average molecular weight is 743 g/mol. The van der Waals surface area contributed by atoms with Gasteiger partial charge in [0.15, 0.2) is 0 Å². The van der Waals surface area contributed by atoms with E-state index in [1.807, 2.05) is 75.2 Å². The first kappa shape index (κ1) is 43.0. The van der Waals surface area contributed by atoms with E-state index < -0.39 is 41.7 Å². The molecule has 0 radical (unpaired) electrons. The van der Waals surface area contributed by atoms with Crippen LogP contribution in [0.15, 0.2) is 41.9 Å². The molecule has 2 aromatic rings. The molecule has 8 atom stereocenters. The molecule has 0 aliphatic carbocycles. The molecule has 1 aromatic heterocycles. The van der Waals surface area contributed by atoms with Crippen LogP contribution < -0.4 is 16.4 Å². The van der Waals surface area contributed by atoms with Gasteiger partial charge in [-0.2, -0.15) is 0 Å². The van der Waals surface area contributed by atoms with E-state index in [0.717, 1.165) is 23.4 Å². The number of likely N-dealkylation sites (N-methyl/N-ethyl adjacent to an activating group) is 1. The maximum Gasteiger partial charge on any atom is 0.245 e. The minimum absolute atomic E-state index is 0.0207. The molecule has 0 bridgehead atoms. The maximum atomic E-state index is 14.2. The Bertz CT molecular complexity index is 1430. The molecular formula is C39H62N6O6S. The fraction of sp³-hybridized carbons (Fsp3) is 0.667. The highest BCUT2D eigenvalue weighted by atomic mass is 32.1. The second-order valence-corrected chi connectivity index (χ2v) is 16.1. The van der Waals surface area contributed by atoms with Crippen LogP contribution in [0.3, 0.4) is 0 Å². The number of nitrogens with one attached hydrogen (secondary N) is 2. The Balaban J connectivity index is 1.78. The second kappa shape index (κ2) is 19.6. The van der Waals surface area contributed by atoms with Crippen molar-refractivity contribution in [2.45, 2.75) is 122 Å². The minimum atomic E-state index is -1.15. The smallest absolute Gasteiger partial charge is 0.245 e. The number of thiazole rings is 1. The van der Waals surface area contributed by atoms with Gasteiger partial charge in [-0.05, 0) is 50.5 Å². The first-order valence-electron chi connectivity index (χ1n) is 18.5. The van der Waals surface area contributed by atoms with Gasteiger partial charge >= 0.3 is 0 Å². The summed E-state index contributed by atoms with van der Waals surface area (Å²) in [5.41, 5.74) is 5.97. The fourth-order valence-electron chi connectivity index (χ4n) is 7.13. The summed E-state index contributed by atoms with van der Waals surface area (Å²) in [5.74, 6) is -1.76. The van der Waals surface area contributed by atoms with Crippen LogP contribution in [0.4, 0.5) is 0 Å². The number of rotatable bonds is 19. The van der Waals surface area contributed by atoms with E-state index in [1.54, 1.807) is 46.2 Å². The maximum absolute atomic E-state index is 14.2. The molecule has 2 heterocycles. The zero-order chi connectivity index (χ0) is 38.7. The Kier molecular flexibility index (Phi) is 16.2. The molecular weight excluding hydrogens is 681 g/mol. The van der Waals surface area contributed by atoms with Crippen LogP contribution in [-0.2, 0) is 35.1 Å². The first-order chi connectivity index (χ1) is 24.5. The zero-order valence-electron chi connectivity index (χ0n) is 32.8. The van der Waals surface area contributed by atoms with E-state index in [2.05, 4.69) is 15.6 Å². The molecule has 1 saturated heterocycles. The molecule has 3 rings (SSSR count). The Hall–Kier alpha value is -3.39. The van der Waals surface area contributed by atoms with E-state index >= 15 is 0 Å². The lowest BCUT2D eigenvalue weighted by atomic mass is 9.89.